The Hall–Kier alpha value is -3.46. The van der Waals surface area contributed by atoms with E-state index >= 15 is 0 Å². The van der Waals surface area contributed by atoms with Crippen LogP contribution in [0.3, 0.4) is 0 Å². The van der Waals surface area contributed by atoms with Gasteiger partial charge in [0.1, 0.15) is 0 Å². The summed E-state index contributed by atoms with van der Waals surface area (Å²) in [6.07, 6.45) is 4.19. The molecule has 9 heteroatoms. The molecule has 0 spiro atoms. The van der Waals surface area contributed by atoms with E-state index in [1.165, 1.54) is 5.56 Å². The standard InChI is InChI=1S/C24H22BrN5O3/c1-14-16-5-4-6-17(19-7-8-22(32-2)27-23(19)33-3)18(16)9-10-29(14)24(31)20-11-21-26-12-15(25)13-30(21)28-20/h4-8,11-14H,9-10H2,1-3H3. The highest BCUT2D eigenvalue weighted by molar-refractivity contribution is 9.10. The SMILES string of the molecule is COc1ccc(-c2cccc3c2CCN(C(=O)c2cc4ncc(Br)cn4n2)C3C)c(OC)n1. The van der Waals surface area contributed by atoms with E-state index in [0.717, 1.165) is 21.2 Å². The van der Waals surface area contributed by atoms with Gasteiger partial charge in [-0.1, -0.05) is 18.2 Å². The van der Waals surface area contributed by atoms with Gasteiger partial charge in [0.15, 0.2) is 11.3 Å². The summed E-state index contributed by atoms with van der Waals surface area (Å²) in [7, 11) is 3.18. The normalized spacial score (nSPS) is 15.4. The summed E-state index contributed by atoms with van der Waals surface area (Å²) in [6.45, 7) is 2.63. The summed E-state index contributed by atoms with van der Waals surface area (Å²) in [6, 6.07) is 11.6. The third-order valence-corrected chi connectivity index (χ3v) is 6.43. The first kappa shape index (κ1) is 21.4. The molecule has 1 amide bonds. The lowest BCUT2D eigenvalue weighted by atomic mass is 9.87. The Morgan fingerprint density at radius 2 is 2.00 bits per heavy atom. The lowest BCUT2D eigenvalue weighted by Gasteiger charge is -2.36. The van der Waals surface area contributed by atoms with E-state index in [2.05, 4.69) is 43.1 Å². The number of carbonyl (C=O) groups is 1. The van der Waals surface area contributed by atoms with E-state index < -0.39 is 0 Å². The molecule has 33 heavy (non-hydrogen) atoms. The molecular weight excluding hydrogens is 486 g/mol. The number of methoxy groups -OCH3 is 2. The van der Waals surface area contributed by atoms with Crippen LogP contribution in [0.2, 0.25) is 0 Å². The largest absolute Gasteiger partial charge is 0.481 e. The van der Waals surface area contributed by atoms with Crippen molar-refractivity contribution in [3.8, 4) is 22.9 Å². The molecule has 0 fully saturated rings. The van der Waals surface area contributed by atoms with Crippen molar-refractivity contribution in [2.45, 2.75) is 19.4 Å². The maximum atomic E-state index is 13.4. The fraction of sp³-hybridized carbons (Fsp3) is 0.250. The summed E-state index contributed by atoms with van der Waals surface area (Å²) < 4.78 is 13.2. The lowest BCUT2D eigenvalue weighted by Crippen LogP contribution is -2.39. The maximum Gasteiger partial charge on any atom is 0.274 e. The number of nitrogens with zero attached hydrogens (tertiary/aromatic N) is 5. The zero-order chi connectivity index (χ0) is 23.1. The van der Waals surface area contributed by atoms with E-state index in [9.17, 15) is 4.79 Å². The minimum atomic E-state index is -0.108. The van der Waals surface area contributed by atoms with E-state index in [-0.39, 0.29) is 11.9 Å². The molecular formula is C24H22BrN5O3. The first-order valence-corrected chi connectivity index (χ1v) is 11.3. The number of rotatable bonds is 4. The second kappa shape index (κ2) is 8.47. The summed E-state index contributed by atoms with van der Waals surface area (Å²) in [5.74, 6) is 0.903. The van der Waals surface area contributed by atoms with Gasteiger partial charge in [0.25, 0.3) is 5.91 Å². The summed E-state index contributed by atoms with van der Waals surface area (Å²) in [5, 5.41) is 4.44. The molecule has 1 unspecified atom stereocenters. The van der Waals surface area contributed by atoms with Gasteiger partial charge in [-0.25, -0.2) is 9.50 Å². The number of hydrogen-bond donors (Lipinski definition) is 0. The Morgan fingerprint density at radius 1 is 1.15 bits per heavy atom. The average Bonchev–Trinajstić information content (AvgIpc) is 3.26. The number of pyridine rings is 1. The van der Waals surface area contributed by atoms with Crippen LogP contribution in [-0.2, 0) is 6.42 Å². The van der Waals surface area contributed by atoms with Crippen molar-refractivity contribution in [3.63, 3.8) is 0 Å². The van der Waals surface area contributed by atoms with Crippen LogP contribution in [0.25, 0.3) is 16.8 Å². The Bertz CT molecular complexity index is 1370. The molecule has 8 nitrogen and oxygen atoms in total. The Labute approximate surface area is 199 Å². The first-order valence-electron chi connectivity index (χ1n) is 10.5. The summed E-state index contributed by atoms with van der Waals surface area (Å²) in [5.41, 5.74) is 5.27. The topological polar surface area (TPSA) is 81.9 Å². The third kappa shape index (κ3) is 3.72. The van der Waals surface area contributed by atoms with Crippen LogP contribution in [0.1, 0.15) is 34.6 Å². The van der Waals surface area contributed by atoms with Crippen LogP contribution in [-0.4, -0.2) is 51.2 Å². The fourth-order valence-electron chi connectivity index (χ4n) is 4.40. The van der Waals surface area contributed by atoms with Crippen LogP contribution in [0.15, 0.2) is 53.3 Å². The molecule has 0 saturated carbocycles. The van der Waals surface area contributed by atoms with Gasteiger partial charge in [-0.2, -0.15) is 10.1 Å². The van der Waals surface area contributed by atoms with Gasteiger partial charge in [0, 0.05) is 36.6 Å². The van der Waals surface area contributed by atoms with Gasteiger partial charge in [0.2, 0.25) is 11.8 Å². The van der Waals surface area contributed by atoms with E-state index in [0.29, 0.717) is 36.1 Å². The van der Waals surface area contributed by atoms with Crippen LogP contribution < -0.4 is 9.47 Å². The molecule has 168 valence electrons. The molecule has 1 aromatic carbocycles. The van der Waals surface area contributed by atoms with Crippen molar-refractivity contribution < 1.29 is 14.3 Å². The van der Waals surface area contributed by atoms with Gasteiger partial charge in [-0.05, 0) is 52.0 Å². The number of hydrogen-bond acceptors (Lipinski definition) is 6. The molecule has 3 aromatic heterocycles. The number of benzene rings is 1. The van der Waals surface area contributed by atoms with Gasteiger partial charge < -0.3 is 14.4 Å². The number of aromatic nitrogens is 4. The van der Waals surface area contributed by atoms with Crippen LogP contribution >= 0.6 is 15.9 Å². The second-order valence-electron chi connectivity index (χ2n) is 7.81. The van der Waals surface area contributed by atoms with Gasteiger partial charge in [-0.15, -0.1) is 0 Å². The molecule has 1 aliphatic rings. The molecule has 1 atom stereocenters. The number of amides is 1. The predicted octanol–water partition coefficient (Wildman–Crippen LogP) is 4.33. The predicted molar refractivity (Wildman–Crippen MR) is 127 cm³/mol. The number of carbonyl (C=O) groups excluding carboxylic acids is 1. The Kier molecular flexibility index (Phi) is 5.49. The lowest BCUT2D eigenvalue weighted by molar-refractivity contribution is 0.0671. The van der Waals surface area contributed by atoms with Crippen molar-refractivity contribution in [1.29, 1.82) is 0 Å². The molecule has 0 N–H and O–H groups in total. The molecule has 0 radical (unpaired) electrons. The van der Waals surface area contributed by atoms with Crippen LogP contribution in [0.4, 0.5) is 0 Å². The monoisotopic (exact) mass is 507 g/mol. The van der Waals surface area contributed by atoms with Crippen molar-refractivity contribution in [3.05, 3.63) is 70.1 Å². The number of ether oxygens (including phenoxy) is 2. The minimum absolute atomic E-state index is 0.108. The zero-order valence-electron chi connectivity index (χ0n) is 18.4. The first-order chi connectivity index (χ1) is 16.0. The smallest absolute Gasteiger partial charge is 0.274 e. The molecule has 1 aliphatic heterocycles. The Morgan fingerprint density at radius 3 is 2.79 bits per heavy atom. The van der Waals surface area contributed by atoms with Crippen molar-refractivity contribution in [2.75, 3.05) is 20.8 Å². The van der Waals surface area contributed by atoms with Crippen molar-refractivity contribution >= 4 is 27.5 Å². The second-order valence-corrected chi connectivity index (χ2v) is 8.73. The molecule has 0 bridgehead atoms. The van der Waals surface area contributed by atoms with Crippen molar-refractivity contribution in [1.82, 2.24) is 24.5 Å². The maximum absolute atomic E-state index is 13.4. The zero-order valence-corrected chi connectivity index (χ0v) is 20.0. The highest BCUT2D eigenvalue weighted by Gasteiger charge is 2.31. The Balaban J connectivity index is 1.50. The quantitative estimate of drug-likeness (QED) is 0.408. The summed E-state index contributed by atoms with van der Waals surface area (Å²) >= 11 is 3.39. The fourth-order valence-corrected chi connectivity index (χ4v) is 4.70. The third-order valence-electron chi connectivity index (χ3n) is 6.02. The van der Waals surface area contributed by atoms with Crippen molar-refractivity contribution in [2.24, 2.45) is 0 Å². The van der Waals surface area contributed by atoms with Gasteiger partial charge in [0.05, 0.1) is 24.7 Å². The molecule has 4 heterocycles. The van der Waals surface area contributed by atoms with E-state index in [1.54, 1.807) is 37.2 Å². The van der Waals surface area contributed by atoms with E-state index in [4.69, 9.17) is 9.47 Å². The van der Waals surface area contributed by atoms with Crippen LogP contribution in [0, 0.1) is 0 Å². The van der Waals surface area contributed by atoms with E-state index in [1.807, 2.05) is 30.0 Å². The molecule has 5 rings (SSSR count). The number of fused-ring (bicyclic) bond motifs is 2. The molecule has 4 aromatic rings. The molecule has 0 aliphatic carbocycles. The minimum Gasteiger partial charge on any atom is -0.481 e. The number of halogens is 1. The summed E-state index contributed by atoms with van der Waals surface area (Å²) in [4.78, 5) is 24.0. The molecule has 0 saturated heterocycles. The highest BCUT2D eigenvalue weighted by atomic mass is 79.9. The van der Waals surface area contributed by atoms with Gasteiger partial charge in [-0.3, -0.25) is 4.79 Å². The van der Waals surface area contributed by atoms with Gasteiger partial charge >= 0.3 is 0 Å². The highest BCUT2D eigenvalue weighted by Crippen LogP contribution is 2.39. The van der Waals surface area contributed by atoms with Crippen LogP contribution in [0.5, 0.6) is 11.8 Å². The average molecular weight is 508 g/mol.